The number of carboxylic acid groups (broad SMARTS) is 4. The minimum Gasteiger partial charge on any atom is -0.497 e. The molecule has 0 radical (unpaired) electrons. The first-order chi connectivity index (χ1) is 47.9. The average Bonchev–Trinajstić information content (AvgIpc) is 1.62. The highest BCUT2D eigenvalue weighted by atomic mass is 16.5. The molecule has 4 aliphatic carbocycles. The van der Waals surface area contributed by atoms with Crippen molar-refractivity contribution in [3.8, 4) is 0 Å². The second-order valence-electron chi connectivity index (χ2n) is 26.9. The summed E-state index contributed by atoms with van der Waals surface area (Å²) in [5, 5.41) is 125. The number of Topliss-reactive ketones (excluding diaryl/α,β-unsaturated/α-hetero) is 2. The maximum Gasteiger partial charge on any atom is 0.303 e. The quantitative estimate of drug-likeness (QED) is 0.0117. The molecule has 0 aromatic rings. The van der Waals surface area contributed by atoms with Crippen molar-refractivity contribution in [3.05, 3.63) is 118 Å². The van der Waals surface area contributed by atoms with Crippen LogP contribution in [0.3, 0.4) is 0 Å². The van der Waals surface area contributed by atoms with Crippen molar-refractivity contribution in [2.24, 2.45) is 29.6 Å². The number of hydrogen-bond donors (Lipinski definition) is 13. The van der Waals surface area contributed by atoms with Crippen LogP contribution < -0.4 is 0 Å². The van der Waals surface area contributed by atoms with E-state index in [1.54, 1.807) is 18.2 Å². The summed E-state index contributed by atoms with van der Waals surface area (Å²) in [6.45, 7) is 9.02. The zero-order valence-electron chi connectivity index (χ0n) is 60.1. The van der Waals surface area contributed by atoms with E-state index in [0.717, 1.165) is 88.4 Å². The summed E-state index contributed by atoms with van der Waals surface area (Å²) in [6, 6.07) is 0. The summed E-state index contributed by atoms with van der Waals surface area (Å²) in [7, 11) is 0. The lowest BCUT2D eigenvalue weighted by atomic mass is 9.93. The van der Waals surface area contributed by atoms with Gasteiger partial charge in [-0.05, 0) is 133 Å². The van der Waals surface area contributed by atoms with Crippen LogP contribution in [0.15, 0.2) is 118 Å². The van der Waals surface area contributed by atoms with Gasteiger partial charge in [0, 0.05) is 85.0 Å². The van der Waals surface area contributed by atoms with Crippen LogP contribution >= 0.6 is 0 Å². The van der Waals surface area contributed by atoms with Gasteiger partial charge in [0.05, 0.1) is 73.4 Å². The molecule has 100 heavy (non-hydrogen) atoms. The molecule has 20 heteroatoms. The minimum absolute atomic E-state index is 0.0129. The van der Waals surface area contributed by atoms with E-state index in [0.29, 0.717) is 132 Å². The van der Waals surface area contributed by atoms with Gasteiger partial charge in [0.1, 0.15) is 11.5 Å². The van der Waals surface area contributed by atoms with Crippen LogP contribution in [-0.4, -0.2) is 163 Å². The molecule has 13 N–H and O–H groups in total. The van der Waals surface area contributed by atoms with Crippen LogP contribution in [0, 0.1) is 29.6 Å². The molecule has 14 atom stereocenters. The lowest BCUT2D eigenvalue weighted by Crippen LogP contribution is -2.13. The third kappa shape index (κ3) is 38.1. The molecule has 0 amide bonds. The SMILES string of the molecule is CCCCC[C@H](O)C=C=C1C(=O)C[C@H](O)[C@@H]1C/C=C\CCCC(=O)O.CCCCC[C@H](O)C=C=C1C(O)CC2CO/C(=C\CCCC(=O)O)C12.CCCCC[C@H](O)C=C=C1[C@@H](C/C=C\CCCC(=O)O)C(=O)C[C@H]1O.CCCCC[C@H](O)C=C=C1[C@H](O)C[C@H](O)[C@@H]1C/C=C\CCCC(=O)O. The van der Waals surface area contributed by atoms with Gasteiger partial charge in [0.15, 0.2) is 5.78 Å². The number of ketones is 2. The van der Waals surface area contributed by atoms with Crippen LogP contribution in [-0.2, 0) is 33.5 Å². The standard InChI is InChI=1S/C20H30O5.C20H32O5.2C20H30O5/c1-2-3-4-7-15(21)10-11-16-17(22)12-14-13-25-18(20(14)16)8-5-6-9-19(23)24;3*1-2-3-6-9-15(21)12-13-17-16(18(22)14-19(17)23)10-7-4-5-8-11-20(24)25/h8,10,14-15,17,20-22H,2-7,9,12-13H2,1H3,(H,23,24);4,7,12,15-16,18-19,21-23H,2-3,5-6,8-11,14H2,1H3,(H,24,25);4,7,12,15-16,19,21,23H,2-3,5-6,8-11,14H2,1H3,(H,24,25);4,7,12,15-16,18,21-22H,2-3,5-6,8-11,14H2,1H3,(H,24,25)/b18-8-;3*7-4-/t11?,14?,15-,17?,20?;13?,15-,16+,18-,19+;13?,15-,16+,19+;13?,15-,16+,18-/m0000/s1. The van der Waals surface area contributed by atoms with E-state index < -0.39 is 84.7 Å². The van der Waals surface area contributed by atoms with E-state index in [-0.39, 0.29) is 73.8 Å². The lowest BCUT2D eigenvalue weighted by molar-refractivity contribution is -0.138. The Morgan fingerprint density at radius 2 is 0.850 bits per heavy atom. The highest BCUT2D eigenvalue weighted by Gasteiger charge is 2.45. The molecule has 0 spiro atoms. The summed E-state index contributed by atoms with van der Waals surface area (Å²) in [5.41, 5.74) is 14.5. The Labute approximate surface area is 594 Å². The highest BCUT2D eigenvalue weighted by molar-refractivity contribution is 5.98. The molecule has 0 aromatic heterocycles. The number of aliphatic hydroxyl groups is 9. The van der Waals surface area contributed by atoms with Gasteiger partial charge < -0.3 is 71.1 Å². The first kappa shape index (κ1) is 89.8. The number of allylic oxidation sites excluding steroid dienone is 8. The molecular formula is C80H122O20. The fraction of sp³-hybridized carbons (Fsp3) is 0.675. The fourth-order valence-corrected chi connectivity index (χ4v) is 12.5. The van der Waals surface area contributed by atoms with Crippen LogP contribution in [0.2, 0.25) is 0 Å². The van der Waals surface area contributed by atoms with Crippen LogP contribution in [0.4, 0.5) is 0 Å². The highest BCUT2D eigenvalue weighted by Crippen LogP contribution is 2.46. The zero-order valence-corrected chi connectivity index (χ0v) is 60.1. The van der Waals surface area contributed by atoms with Crippen molar-refractivity contribution >= 4 is 35.4 Å². The Hall–Kier alpha value is -6.30. The number of aliphatic hydroxyl groups excluding tert-OH is 9. The van der Waals surface area contributed by atoms with Gasteiger partial charge in [-0.15, -0.1) is 22.9 Å². The third-order valence-corrected chi connectivity index (χ3v) is 18.2. The Morgan fingerprint density at radius 1 is 0.450 bits per heavy atom. The third-order valence-electron chi connectivity index (χ3n) is 18.2. The fourth-order valence-electron chi connectivity index (χ4n) is 12.5. The van der Waals surface area contributed by atoms with E-state index in [4.69, 9.17) is 25.2 Å². The Bertz CT molecular complexity index is 2850. The smallest absolute Gasteiger partial charge is 0.303 e. The Kier molecular flexibility index (Phi) is 48.0. The van der Waals surface area contributed by atoms with Gasteiger partial charge in [0.2, 0.25) is 0 Å². The maximum absolute atomic E-state index is 12.1. The predicted octanol–water partition coefficient (Wildman–Crippen LogP) is 12.4. The van der Waals surface area contributed by atoms with Gasteiger partial charge in [-0.3, -0.25) is 28.8 Å². The molecule has 5 fully saturated rings. The summed E-state index contributed by atoms with van der Waals surface area (Å²) in [5.74, 6) is -3.16. The number of hydrogen-bond acceptors (Lipinski definition) is 16. The summed E-state index contributed by atoms with van der Waals surface area (Å²) < 4.78 is 5.76. The van der Waals surface area contributed by atoms with E-state index in [9.17, 15) is 74.7 Å². The normalized spacial score (nSPS) is 23.8. The van der Waals surface area contributed by atoms with Crippen LogP contribution in [0.5, 0.6) is 0 Å². The first-order valence-corrected chi connectivity index (χ1v) is 37.1. The van der Waals surface area contributed by atoms with E-state index in [1.807, 2.05) is 42.5 Å². The molecule has 20 nitrogen and oxygen atoms in total. The minimum atomic E-state index is -0.822. The maximum atomic E-state index is 12.1. The van der Waals surface area contributed by atoms with Gasteiger partial charge in [-0.1, -0.05) is 141 Å². The van der Waals surface area contributed by atoms with Gasteiger partial charge in [-0.25, -0.2) is 0 Å². The van der Waals surface area contributed by atoms with Crippen LogP contribution in [0.25, 0.3) is 0 Å². The molecule has 562 valence electrons. The van der Waals surface area contributed by atoms with Crippen molar-refractivity contribution in [1.29, 1.82) is 0 Å². The summed E-state index contributed by atoms with van der Waals surface area (Å²) in [6.07, 6.45) is 37.4. The summed E-state index contributed by atoms with van der Waals surface area (Å²) >= 11 is 0. The zero-order chi connectivity index (χ0) is 74.2. The molecule has 5 rings (SSSR count). The van der Waals surface area contributed by atoms with E-state index >= 15 is 0 Å². The first-order valence-electron chi connectivity index (χ1n) is 37.1. The van der Waals surface area contributed by atoms with Gasteiger partial charge >= 0.3 is 23.9 Å². The Morgan fingerprint density at radius 3 is 1.30 bits per heavy atom. The number of carbonyl (C=O) groups is 6. The molecule has 0 bridgehead atoms. The number of fused-ring (bicyclic) bond motifs is 1. The second kappa shape index (κ2) is 53.5. The molecule has 1 aliphatic heterocycles. The van der Waals surface area contributed by atoms with Crippen molar-refractivity contribution in [2.75, 3.05) is 6.61 Å². The number of carbonyl (C=O) groups excluding carboxylic acids is 2. The summed E-state index contributed by atoms with van der Waals surface area (Å²) in [4.78, 5) is 66.0. The molecule has 4 saturated carbocycles. The number of ether oxygens (including phenoxy) is 1. The van der Waals surface area contributed by atoms with E-state index in [1.165, 1.54) is 6.08 Å². The molecule has 5 aliphatic rings. The molecule has 1 heterocycles. The second-order valence-corrected chi connectivity index (χ2v) is 26.9. The molecule has 0 aromatic carbocycles. The van der Waals surface area contributed by atoms with Gasteiger partial charge in [-0.2, -0.15) is 0 Å². The predicted molar refractivity (Wildman–Crippen MR) is 384 cm³/mol. The number of unbranched alkanes of at least 4 members (excludes halogenated alkanes) is 12. The Balaban J connectivity index is 0.000000453. The average molecular weight is 1400 g/mol. The van der Waals surface area contributed by atoms with Crippen LogP contribution in [0.1, 0.15) is 252 Å². The molecule has 3 unspecified atom stereocenters. The molecule has 1 saturated heterocycles. The van der Waals surface area contributed by atoms with Crippen molar-refractivity contribution in [3.63, 3.8) is 0 Å². The lowest BCUT2D eigenvalue weighted by Gasteiger charge is -2.13. The topological polar surface area (TPSA) is 375 Å². The van der Waals surface area contributed by atoms with Crippen molar-refractivity contribution in [2.45, 2.75) is 307 Å². The number of aliphatic carboxylic acids is 4. The monoisotopic (exact) mass is 1400 g/mol. The van der Waals surface area contributed by atoms with Crippen molar-refractivity contribution < 1.29 is 99.9 Å². The number of rotatable bonds is 42. The largest absolute Gasteiger partial charge is 0.497 e. The van der Waals surface area contributed by atoms with E-state index in [2.05, 4.69) is 50.6 Å². The molecular weight excluding hydrogens is 1280 g/mol. The number of carboxylic acids is 4. The van der Waals surface area contributed by atoms with Crippen molar-refractivity contribution in [1.82, 2.24) is 0 Å². The van der Waals surface area contributed by atoms with Gasteiger partial charge in [0.25, 0.3) is 0 Å².